The molecular formula is C49H85NO16Si. The Balaban J connectivity index is 1.68. The van der Waals surface area contributed by atoms with Gasteiger partial charge in [-0.15, -0.1) is 0 Å². The molecule has 4 aliphatic rings. The lowest BCUT2D eigenvalue weighted by atomic mass is 9.79. The normalized spacial score (nSPS) is 39.4. The van der Waals surface area contributed by atoms with Gasteiger partial charge in [-0.1, -0.05) is 59.3 Å². The summed E-state index contributed by atoms with van der Waals surface area (Å²) in [5.74, 6) is -3.70. The first kappa shape index (κ1) is 57.4. The van der Waals surface area contributed by atoms with E-state index in [4.69, 9.17) is 51.8 Å². The van der Waals surface area contributed by atoms with E-state index in [1.165, 1.54) is 6.92 Å². The van der Waals surface area contributed by atoms with Gasteiger partial charge in [-0.3, -0.25) is 14.4 Å². The molecule has 0 bridgehead atoms. The number of aliphatic hydroxyl groups is 2. The van der Waals surface area contributed by atoms with Gasteiger partial charge in [0.1, 0.15) is 18.3 Å². The molecule has 18 heteroatoms. The van der Waals surface area contributed by atoms with Crippen LogP contribution >= 0.6 is 0 Å². The van der Waals surface area contributed by atoms with Crippen molar-refractivity contribution in [1.82, 2.24) is 4.90 Å². The maximum atomic E-state index is 14.0. The van der Waals surface area contributed by atoms with Crippen LogP contribution < -0.4 is 0 Å². The number of rotatable bonds is 14. The summed E-state index contributed by atoms with van der Waals surface area (Å²) in [6.07, 6.45) is -4.61. The highest BCUT2D eigenvalue weighted by atomic mass is 28.4. The molecule has 0 aromatic heterocycles. The highest BCUT2D eigenvalue weighted by molar-refractivity contribution is 6.74. The first-order valence-corrected chi connectivity index (χ1v) is 27.1. The Morgan fingerprint density at radius 1 is 0.896 bits per heavy atom. The molecule has 0 saturated carbocycles. The second kappa shape index (κ2) is 25.3. The minimum absolute atomic E-state index is 0.0507. The van der Waals surface area contributed by atoms with Crippen LogP contribution in [0.5, 0.6) is 0 Å². The van der Waals surface area contributed by atoms with Gasteiger partial charge in [-0.05, 0) is 77.8 Å². The molecule has 0 spiro atoms. The van der Waals surface area contributed by atoms with Crippen LogP contribution in [0.1, 0.15) is 94.9 Å². The molecule has 0 aliphatic carbocycles. The fraction of sp³-hybridized carbons (Fsp3) is 0.857. The van der Waals surface area contributed by atoms with Gasteiger partial charge >= 0.3 is 11.9 Å². The summed E-state index contributed by atoms with van der Waals surface area (Å²) in [6.45, 7) is 24.0. The second-order valence-corrected chi connectivity index (χ2v) is 25.6. The summed E-state index contributed by atoms with van der Waals surface area (Å²) in [5.41, 5.74) is 0.742. The number of allylic oxidation sites excluding steroid dienone is 3. The third kappa shape index (κ3) is 15.2. The van der Waals surface area contributed by atoms with Crippen LogP contribution in [0.15, 0.2) is 23.8 Å². The molecule has 3 saturated heterocycles. The van der Waals surface area contributed by atoms with Crippen molar-refractivity contribution in [2.75, 3.05) is 48.1 Å². The molecule has 0 aromatic carbocycles. The molecular weight excluding hydrogens is 887 g/mol. The minimum Gasteiger partial charge on any atom is -0.462 e. The number of carbonyl (C=O) groups excluding carboxylic acids is 3. The van der Waals surface area contributed by atoms with Gasteiger partial charge in [-0.25, -0.2) is 0 Å². The van der Waals surface area contributed by atoms with Gasteiger partial charge in [0.15, 0.2) is 39.1 Å². The summed E-state index contributed by atoms with van der Waals surface area (Å²) in [6, 6.07) is -0.711. The number of carbonyl (C=O) groups is 3. The molecule has 0 aromatic rings. The summed E-state index contributed by atoms with van der Waals surface area (Å²) in [7, 11) is 4.49. The van der Waals surface area contributed by atoms with Crippen LogP contribution in [-0.4, -0.2) is 175 Å². The molecule has 0 amide bonds. The van der Waals surface area contributed by atoms with Crippen LogP contribution in [0.4, 0.5) is 0 Å². The molecule has 0 radical (unpaired) electrons. The van der Waals surface area contributed by atoms with E-state index < -0.39 is 130 Å². The van der Waals surface area contributed by atoms with Crippen LogP contribution in [0.25, 0.3) is 0 Å². The van der Waals surface area contributed by atoms with Crippen molar-refractivity contribution in [1.29, 1.82) is 0 Å². The Hall–Kier alpha value is -2.17. The van der Waals surface area contributed by atoms with E-state index in [1.54, 1.807) is 59.2 Å². The number of hydrogen-bond donors (Lipinski definition) is 2. The molecule has 17 atom stereocenters. The van der Waals surface area contributed by atoms with Crippen molar-refractivity contribution in [2.45, 2.75) is 199 Å². The zero-order valence-electron chi connectivity index (χ0n) is 43.1. The maximum absolute atomic E-state index is 14.0. The van der Waals surface area contributed by atoms with Gasteiger partial charge in [-0.2, -0.15) is 0 Å². The SMILES string of the molecule is CC[C@@H]1OC(=O)C[C@@H](O)[C@H](C)[C@@H](O[C@@H]2O[C@H](C)[C@@H](O)[C@H](N(C)C)[C@H]2OC(C)=O)[C@@H](CC2OCCO2)C[C@@H](C)C(=O)/C=C/C(C)=C/[C@@H]1CO[C@@H]1O[C@H](C)[C@@H](O[Si](C)(C)C(C)(C)C)[C@@H](OC)[C@H]1OC. The van der Waals surface area contributed by atoms with E-state index >= 15 is 0 Å². The van der Waals surface area contributed by atoms with Gasteiger partial charge in [0.05, 0.1) is 68.9 Å². The van der Waals surface area contributed by atoms with Crippen molar-refractivity contribution >= 4 is 26.0 Å². The molecule has 3 fully saturated rings. The summed E-state index contributed by atoms with van der Waals surface area (Å²) < 4.78 is 68.8. The topological polar surface area (TPSA) is 196 Å². The van der Waals surface area contributed by atoms with Gasteiger partial charge in [0, 0.05) is 45.3 Å². The van der Waals surface area contributed by atoms with E-state index in [0.29, 0.717) is 19.6 Å². The number of nitrogens with zero attached hydrogens (tertiary/aromatic N) is 1. The first-order chi connectivity index (χ1) is 31.3. The zero-order chi connectivity index (χ0) is 50.1. The van der Waals surface area contributed by atoms with Crippen LogP contribution in [0.2, 0.25) is 18.1 Å². The molecule has 17 nitrogen and oxygen atoms in total. The molecule has 4 rings (SSSR count). The predicted molar refractivity (Wildman–Crippen MR) is 251 cm³/mol. The number of cyclic esters (lactones) is 1. The van der Waals surface area contributed by atoms with Crippen LogP contribution in [-0.2, 0) is 66.2 Å². The number of hydrogen-bond acceptors (Lipinski definition) is 17. The highest BCUT2D eigenvalue weighted by Gasteiger charge is 2.52. The average molecular weight is 972 g/mol. The number of ketones is 1. The standard InChI is InChI=1S/C49H85NO16Si/c1-17-37-34(26-60-47-46(57-14)45(56-13)43(31(6)62-47)66-67(15,16)49(8,9)10)22-27(2)18-19-35(52)28(3)23-33(24-39-58-20-21-59-39)42(29(4)36(53)25-38(54)64-37)65-48-44(63-32(7)51)40(50(11)12)41(55)30(5)61-48/h18-19,22,28-31,33-34,36-37,39-48,53,55H,17,20-21,23-26H2,1-16H3/b19-18+,27-22+/t28-,29+,30-,31-,33-,34-,36-,37+,40+,41-,42-,43-,44-,45-,46-,47-,48+/m1/s1. The van der Waals surface area contributed by atoms with Gasteiger partial charge < -0.3 is 66.9 Å². The van der Waals surface area contributed by atoms with E-state index in [2.05, 4.69) is 33.9 Å². The third-order valence-corrected chi connectivity index (χ3v) is 18.9. The van der Waals surface area contributed by atoms with E-state index in [-0.39, 0.29) is 36.7 Å². The summed E-state index contributed by atoms with van der Waals surface area (Å²) in [4.78, 5) is 42.3. The van der Waals surface area contributed by atoms with Crippen molar-refractivity contribution in [2.24, 2.45) is 23.7 Å². The van der Waals surface area contributed by atoms with Crippen LogP contribution in [0, 0.1) is 23.7 Å². The zero-order valence-corrected chi connectivity index (χ0v) is 44.1. The van der Waals surface area contributed by atoms with Gasteiger partial charge in [0.25, 0.3) is 0 Å². The molecule has 67 heavy (non-hydrogen) atoms. The lowest BCUT2D eigenvalue weighted by Crippen LogP contribution is -2.64. The van der Waals surface area contributed by atoms with Crippen molar-refractivity contribution in [3.8, 4) is 0 Å². The second-order valence-electron chi connectivity index (χ2n) is 20.8. The number of methoxy groups -OCH3 is 2. The first-order valence-electron chi connectivity index (χ1n) is 24.2. The monoisotopic (exact) mass is 972 g/mol. The van der Waals surface area contributed by atoms with Crippen molar-refractivity contribution in [3.05, 3.63) is 23.8 Å². The van der Waals surface area contributed by atoms with E-state index in [9.17, 15) is 24.6 Å². The average Bonchev–Trinajstić information content (AvgIpc) is 3.76. The van der Waals surface area contributed by atoms with Crippen molar-refractivity contribution < 1.29 is 76.4 Å². The highest BCUT2D eigenvalue weighted by Crippen LogP contribution is 2.41. The lowest BCUT2D eigenvalue weighted by Gasteiger charge is -2.48. The predicted octanol–water partition coefficient (Wildman–Crippen LogP) is 5.34. The Kier molecular flexibility index (Phi) is 21.7. The van der Waals surface area contributed by atoms with Crippen molar-refractivity contribution in [3.63, 3.8) is 0 Å². The Labute approximate surface area is 400 Å². The Bertz CT molecular complexity index is 1650. The summed E-state index contributed by atoms with van der Waals surface area (Å²) in [5, 5.41) is 23.2. The van der Waals surface area contributed by atoms with E-state index in [1.807, 2.05) is 33.8 Å². The third-order valence-electron chi connectivity index (χ3n) is 14.4. The smallest absolute Gasteiger partial charge is 0.308 e. The Morgan fingerprint density at radius 3 is 2.09 bits per heavy atom. The number of aliphatic hydroxyl groups excluding tert-OH is 2. The maximum Gasteiger partial charge on any atom is 0.308 e. The Morgan fingerprint density at radius 2 is 1.52 bits per heavy atom. The number of likely N-dealkylation sites (N-methyl/N-ethyl adjacent to an activating group) is 1. The largest absolute Gasteiger partial charge is 0.462 e. The molecule has 2 N–H and O–H groups in total. The van der Waals surface area contributed by atoms with E-state index in [0.717, 1.165) is 5.57 Å². The lowest BCUT2D eigenvalue weighted by molar-refractivity contribution is -0.307. The summed E-state index contributed by atoms with van der Waals surface area (Å²) >= 11 is 0. The molecule has 4 heterocycles. The fourth-order valence-electron chi connectivity index (χ4n) is 9.38. The fourth-order valence-corrected chi connectivity index (χ4v) is 10.7. The molecule has 4 aliphatic heterocycles. The molecule has 386 valence electrons. The number of ether oxygens (including phenoxy) is 10. The quantitative estimate of drug-likeness (QED) is 0.167. The van der Waals surface area contributed by atoms with Gasteiger partial charge in [0.2, 0.25) is 0 Å². The van der Waals surface area contributed by atoms with Crippen LogP contribution in [0.3, 0.4) is 0 Å². The number of esters is 2. The molecule has 0 unspecified atom stereocenters. The minimum atomic E-state index is -2.24.